The summed E-state index contributed by atoms with van der Waals surface area (Å²) in [4.78, 5) is 7.99. The van der Waals surface area contributed by atoms with Gasteiger partial charge in [-0.1, -0.05) is 0 Å². The fraction of sp³-hybridized carbons (Fsp3) is 0.474. The molecule has 1 atom stereocenters. The Balaban J connectivity index is 1.95. The van der Waals surface area contributed by atoms with Crippen LogP contribution in [0.25, 0.3) is 5.70 Å². The van der Waals surface area contributed by atoms with Gasteiger partial charge in [0.05, 0.1) is 0 Å². The van der Waals surface area contributed by atoms with Gasteiger partial charge in [0.25, 0.3) is 0 Å². The molecule has 7 heteroatoms. The summed E-state index contributed by atoms with van der Waals surface area (Å²) in [6.07, 6.45) is 8.74. The number of oxazole rings is 2. The van der Waals surface area contributed by atoms with Crippen LogP contribution < -0.4 is 0 Å². The molecule has 5 nitrogen and oxygen atoms in total. The molecule has 0 aromatic carbocycles. The van der Waals surface area contributed by atoms with E-state index in [1.54, 1.807) is 22.6 Å². The normalized spacial score (nSPS) is 21.3. The molecule has 1 aliphatic rings. The summed E-state index contributed by atoms with van der Waals surface area (Å²) in [5.74, 6) is 0.793. The third-order valence-electron chi connectivity index (χ3n) is 4.11. The summed E-state index contributed by atoms with van der Waals surface area (Å²) < 4.78 is 12.9. The molecule has 3 heterocycles. The number of rotatable bonds is 2. The van der Waals surface area contributed by atoms with Crippen LogP contribution >= 0.6 is 11.6 Å². The zero-order chi connectivity index (χ0) is 19.3. The first-order valence-electron chi connectivity index (χ1n) is 8.38. The summed E-state index contributed by atoms with van der Waals surface area (Å²) in [6, 6.07) is 0. The Morgan fingerprint density at radius 3 is 2.12 bits per heavy atom. The van der Waals surface area contributed by atoms with Crippen molar-refractivity contribution in [2.24, 2.45) is 0 Å². The second kappa shape index (κ2) is 6.29. The van der Waals surface area contributed by atoms with E-state index in [1.165, 1.54) is 0 Å². The van der Waals surface area contributed by atoms with Crippen LogP contribution in [0, 0.1) is 0 Å². The number of aromatic nitrogens is 2. The van der Waals surface area contributed by atoms with Crippen molar-refractivity contribution in [3.63, 3.8) is 0 Å². The van der Waals surface area contributed by atoms with Crippen molar-refractivity contribution in [3.05, 3.63) is 53.9 Å². The summed E-state index contributed by atoms with van der Waals surface area (Å²) in [7, 11) is 0. The number of alkyl halides is 1. The van der Waals surface area contributed by atoms with Crippen molar-refractivity contribution in [1.82, 2.24) is 13.9 Å². The second-order valence-electron chi connectivity index (χ2n) is 8.42. The molecule has 0 saturated carbocycles. The molecule has 0 amide bonds. The fourth-order valence-electron chi connectivity index (χ4n) is 2.38. The van der Waals surface area contributed by atoms with Gasteiger partial charge in [0.2, 0.25) is 0 Å². The van der Waals surface area contributed by atoms with Crippen molar-refractivity contribution in [2.45, 2.75) is 57.4 Å². The van der Waals surface area contributed by atoms with E-state index in [2.05, 4.69) is 67.5 Å². The molecule has 26 heavy (non-hydrogen) atoms. The van der Waals surface area contributed by atoms with Crippen molar-refractivity contribution in [2.75, 3.05) is 0 Å². The van der Waals surface area contributed by atoms with Gasteiger partial charge in [-0.2, -0.15) is 0 Å². The van der Waals surface area contributed by atoms with Crippen LogP contribution in [0.15, 0.2) is 39.6 Å². The number of hydrogen-bond donors (Lipinski definition) is 0. The van der Waals surface area contributed by atoms with Crippen molar-refractivity contribution >= 4 is 17.3 Å². The predicted octanol–water partition coefficient (Wildman–Crippen LogP) is 5.02. The molecule has 1 aliphatic heterocycles. The molecule has 0 fully saturated rings. The van der Waals surface area contributed by atoms with E-state index in [9.17, 15) is 0 Å². The zero-order valence-corrected chi connectivity index (χ0v) is 17.6. The van der Waals surface area contributed by atoms with E-state index in [0.717, 1.165) is 11.4 Å². The monoisotopic (exact) mass is 419 g/mol. The molecule has 0 spiro atoms. The molecule has 142 valence electrons. The zero-order valence-electron chi connectivity index (χ0n) is 15.8. The molecule has 0 bridgehead atoms. The SMILES string of the molecule is CC(C)(C)c1coc(C2=CC=C[C@](Cl)(c3nc(C(C)(C)C)co3)[N]2[Co])n1. The third kappa shape index (κ3) is 3.38. The molecular formula is C19H23ClCoN3O2. The average molecular weight is 420 g/mol. The Labute approximate surface area is 167 Å². The summed E-state index contributed by atoms with van der Waals surface area (Å²) in [6.45, 7) is 12.4. The first-order valence-corrected chi connectivity index (χ1v) is 9.22. The van der Waals surface area contributed by atoms with Crippen LogP contribution in [-0.4, -0.2) is 13.9 Å². The minimum absolute atomic E-state index is 0.115. The fourth-order valence-corrected chi connectivity index (χ4v) is 2.99. The van der Waals surface area contributed by atoms with Gasteiger partial charge >= 0.3 is 167 Å². The van der Waals surface area contributed by atoms with E-state index < -0.39 is 5.00 Å². The van der Waals surface area contributed by atoms with Crippen LogP contribution in [0.3, 0.4) is 0 Å². The maximum absolute atomic E-state index is 6.85. The van der Waals surface area contributed by atoms with Crippen LogP contribution in [0.1, 0.15) is 64.7 Å². The number of halogens is 1. The molecular weight excluding hydrogens is 397 g/mol. The van der Waals surface area contributed by atoms with E-state index in [4.69, 9.17) is 20.4 Å². The van der Waals surface area contributed by atoms with E-state index in [-0.39, 0.29) is 10.8 Å². The molecule has 0 aliphatic carbocycles. The van der Waals surface area contributed by atoms with Gasteiger partial charge in [0.15, 0.2) is 0 Å². The summed E-state index contributed by atoms with van der Waals surface area (Å²) in [5, 5.41) is 0. The molecule has 2 aromatic rings. The molecule has 0 N–H and O–H groups in total. The van der Waals surface area contributed by atoms with Gasteiger partial charge < -0.3 is 0 Å². The third-order valence-corrected chi connectivity index (χ3v) is 5.30. The molecule has 2 aromatic heterocycles. The van der Waals surface area contributed by atoms with Gasteiger partial charge in [0.1, 0.15) is 0 Å². The van der Waals surface area contributed by atoms with Crippen LogP contribution in [-0.2, 0) is 31.8 Å². The molecule has 3 rings (SSSR count). The standard InChI is InChI=1S/C19H23ClN3O2.Co/c1-17(2,3)13-10-24-15(21-13)12-8-7-9-19(20,23-12)16-22-14(11-25-16)18(4,5)6;/h7-11H,1-6H3;/q-1;+1/t19-;/m1./s1. The predicted molar refractivity (Wildman–Crippen MR) is 96.9 cm³/mol. The Kier molecular flexibility index (Phi) is 4.66. The van der Waals surface area contributed by atoms with E-state index in [1.807, 2.05) is 12.2 Å². The quantitative estimate of drug-likeness (QED) is 0.505. The number of allylic oxidation sites excluding steroid dienone is 2. The maximum atomic E-state index is 6.85. The Bertz CT molecular complexity index is 870. The van der Waals surface area contributed by atoms with Crippen molar-refractivity contribution in [3.8, 4) is 0 Å². The summed E-state index contributed by atoms with van der Waals surface area (Å²) in [5.41, 5.74) is 2.06. The van der Waals surface area contributed by atoms with Gasteiger partial charge in [-0.3, -0.25) is 0 Å². The van der Waals surface area contributed by atoms with Crippen molar-refractivity contribution < 1.29 is 24.8 Å². The Hall–Kier alpha value is -1.50. The van der Waals surface area contributed by atoms with Gasteiger partial charge in [-0.05, 0) is 0 Å². The van der Waals surface area contributed by atoms with Gasteiger partial charge in [0, 0.05) is 0 Å². The minimum atomic E-state index is -1.18. The second-order valence-corrected chi connectivity index (χ2v) is 9.46. The van der Waals surface area contributed by atoms with Gasteiger partial charge in [-0.25, -0.2) is 0 Å². The molecule has 0 radical (unpaired) electrons. The molecule has 0 saturated heterocycles. The van der Waals surface area contributed by atoms with Crippen LogP contribution in [0.4, 0.5) is 0 Å². The number of nitrogens with zero attached hydrogens (tertiary/aromatic N) is 3. The number of hydrogen-bond acceptors (Lipinski definition) is 5. The van der Waals surface area contributed by atoms with E-state index in [0.29, 0.717) is 17.5 Å². The Morgan fingerprint density at radius 1 is 1.00 bits per heavy atom. The van der Waals surface area contributed by atoms with E-state index >= 15 is 0 Å². The first kappa shape index (κ1) is 19.3. The van der Waals surface area contributed by atoms with Gasteiger partial charge in [-0.15, -0.1) is 0 Å². The van der Waals surface area contributed by atoms with Crippen LogP contribution in [0.2, 0.25) is 0 Å². The average Bonchev–Trinajstić information content (AvgIpc) is 3.17. The summed E-state index contributed by atoms with van der Waals surface area (Å²) >= 11 is 11.5. The first-order chi connectivity index (χ1) is 11.9. The van der Waals surface area contributed by atoms with Crippen LogP contribution in [0.5, 0.6) is 0 Å². The van der Waals surface area contributed by atoms with Crippen molar-refractivity contribution in [1.29, 1.82) is 0 Å². The molecule has 0 unspecified atom stereocenters. The Morgan fingerprint density at radius 2 is 1.58 bits per heavy atom. The topological polar surface area (TPSA) is 55.3 Å².